The van der Waals surface area contributed by atoms with E-state index in [1.165, 1.54) is 37.7 Å². The fraction of sp³-hybridized carbons (Fsp3) is 0.792. The number of ether oxygens (including phenoxy) is 1. The Morgan fingerprint density at radius 2 is 1.89 bits per heavy atom. The van der Waals surface area contributed by atoms with Crippen LogP contribution in [0.2, 0.25) is 0 Å². The second-order valence-corrected chi connectivity index (χ2v) is 11.0. The Morgan fingerprint density at radius 1 is 1.04 bits per heavy atom. The van der Waals surface area contributed by atoms with Gasteiger partial charge in [-0.1, -0.05) is 13.8 Å². The predicted octanol–water partition coefficient (Wildman–Crippen LogP) is 4.26. The van der Waals surface area contributed by atoms with Gasteiger partial charge in [0.15, 0.2) is 0 Å². The van der Waals surface area contributed by atoms with Crippen molar-refractivity contribution in [3.8, 4) is 0 Å². The molecule has 9 atom stereocenters. The molecule has 5 fully saturated rings. The summed E-state index contributed by atoms with van der Waals surface area (Å²) in [7, 11) is 0. The van der Waals surface area contributed by atoms with Gasteiger partial charge in [0.05, 0.1) is 18.5 Å². The van der Waals surface area contributed by atoms with Crippen LogP contribution in [0.3, 0.4) is 0 Å². The molecule has 28 heavy (non-hydrogen) atoms. The maximum atomic E-state index is 11.4. The summed E-state index contributed by atoms with van der Waals surface area (Å²) in [5.41, 5.74) is 1.44. The van der Waals surface area contributed by atoms with E-state index in [1.54, 1.807) is 12.3 Å². The molecule has 2 heterocycles. The molecular weight excluding hydrogens is 352 g/mol. The van der Waals surface area contributed by atoms with Gasteiger partial charge in [-0.2, -0.15) is 0 Å². The molecule has 4 nitrogen and oxygen atoms in total. The summed E-state index contributed by atoms with van der Waals surface area (Å²) in [4.78, 5) is 11.4. The Bertz CT molecular complexity index is 842. The van der Waals surface area contributed by atoms with Crippen molar-refractivity contribution in [3.63, 3.8) is 0 Å². The summed E-state index contributed by atoms with van der Waals surface area (Å²) in [6.45, 7) is 4.97. The summed E-state index contributed by atoms with van der Waals surface area (Å²) in [5, 5.41) is 10.2. The number of aliphatic hydroxyl groups excluding tert-OH is 1. The highest BCUT2D eigenvalue weighted by molar-refractivity contribution is 5.35. The first-order chi connectivity index (χ1) is 13.4. The van der Waals surface area contributed by atoms with Gasteiger partial charge in [-0.05, 0) is 92.1 Å². The molecule has 6 rings (SSSR count). The molecule has 1 N–H and O–H groups in total. The van der Waals surface area contributed by atoms with E-state index in [0.29, 0.717) is 29.3 Å². The number of hydrogen-bond donors (Lipinski definition) is 1. The molecule has 4 aliphatic carbocycles. The third-order valence-corrected chi connectivity index (χ3v) is 10.2. The van der Waals surface area contributed by atoms with Gasteiger partial charge in [-0.25, -0.2) is 4.79 Å². The Morgan fingerprint density at radius 3 is 2.68 bits per heavy atom. The molecule has 4 unspecified atom stereocenters. The summed E-state index contributed by atoms with van der Waals surface area (Å²) < 4.78 is 11.8. The van der Waals surface area contributed by atoms with E-state index in [1.807, 2.05) is 6.07 Å². The molecule has 1 spiro atoms. The van der Waals surface area contributed by atoms with E-state index in [-0.39, 0.29) is 22.7 Å². The molecule has 1 aromatic heterocycles. The first-order valence-corrected chi connectivity index (χ1v) is 11.3. The van der Waals surface area contributed by atoms with Gasteiger partial charge in [0.1, 0.15) is 5.60 Å². The zero-order valence-electron chi connectivity index (χ0n) is 17.0. The lowest BCUT2D eigenvalue weighted by Gasteiger charge is -2.61. The van der Waals surface area contributed by atoms with Crippen LogP contribution in [0.15, 0.2) is 27.6 Å². The molecular formula is C24H32O4. The van der Waals surface area contributed by atoms with Crippen molar-refractivity contribution in [2.45, 2.75) is 88.9 Å². The minimum Gasteiger partial charge on any atom is -0.431 e. The lowest BCUT2D eigenvalue weighted by molar-refractivity contribution is -0.139. The van der Waals surface area contributed by atoms with Crippen molar-refractivity contribution in [3.05, 3.63) is 34.4 Å². The molecule has 1 saturated heterocycles. The average Bonchev–Trinajstić information content (AvgIpc) is 3.33. The summed E-state index contributed by atoms with van der Waals surface area (Å²) in [6, 6.07) is 3.55. The largest absolute Gasteiger partial charge is 0.431 e. The van der Waals surface area contributed by atoms with E-state index in [2.05, 4.69) is 13.8 Å². The Kier molecular flexibility index (Phi) is 3.49. The second-order valence-electron chi connectivity index (χ2n) is 11.0. The molecule has 4 heteroatoms. The number of fused-ring (bicyclic) bond motifs is 3. The lowest BCUT2D eigenvalue weighted by atomic mass is 9.44. The highest BCUT2D eigenvalue weighted by Crippen LogP contribution is 2.77. The molecule has 0 bridgehead atoms. The third-order valence-electron chi connectivity index (χ3n) is 10.2. The van der Waals surface area contributed by atoms with Crippen LogP contribution in [-0.4, -0.2) is 22.9 Å². The van der Waals surface area contributed by atoms with Crippen LogP contribution in [-0.2, 0) is 4.74 Å². The van der Waals surface area contributed by atoms with Crippen molar-refractivity contribution in [1.82, 2.24) is 0 Å². The molecule has 0 radical (unpaired) electrons. The maximum absolute atomic E-state index is 11.4. The van der Waals surface area contributed by atoms with Crippen molar-refractivity contribution in [1.29, 1.82) is 0 Å². The van der Waals surface area contributed by atoms with Crippen molar-refractivity contribution in [2.75, 3.05) is 0 Å². The smallest absolute Gasteiger partial charge is 0.335 e. The van der Waals surface area contributed by atoms with Gasteiger partial charge in [-0.3, -0.25) is 0 Å². The minimum atomic E-state index is -0.266. The van der Waals surface area contributed by atoms with E-state index in [0.717, 1.165) is 25.2 Å². The number of hydrogen-bond acceptors (Lipinski definition) is 4. The van der Waals surface area contributed by atoms with Gasteiger partial charge in [0, 0.05) is 11.5 Å². The fourth-order valence-electron chi connectivity index (χ4n) is 8.74. The van der Waals surface area contributed by atoms with Crippen LogP contribution in [0.1, 0.15) is 76.7 Å². The van der Waals surface area contributed by atoms with Gasteiger partial charge < -0.3 is 14.3 Å². The van der Waals surface area contributed by atoms with E-state index < -0.39 is 0 Å². The zero-order valence-corrected chi connectivity index (χ0v) is 17.0. The molecule has 0 amide bonds. The van der Waals surface area contributed by atoms with E-state index in [4.69, 9.17) is 9.15 Å². The second kappa shape index (κ2) is 5.51. The predicted molar refractivity (Wildman–Crippen MR) is 105 cm³/mol. The van der Waals surface area contributed by atoms with Gasteiger partial charge in [0.2, 0.25) is 0 Å². The topological polar surface area (TPSA) is 63.0 Å². The molecule has 1 aromatic rings. The third kappa shape index (κ3) is 2.01. The number of epoxide rings is 1. The molecule has 5 aliphatic rings. The highest BCUT2D eigenvalue weighted by atomic mass is 16.6. The normalized spacial score (nSPS) is 54.2. The summed E-state index contributed by atoms with van der Waals surface area (Å²) in [5.74, 6) is 2.48. The summed E-state index contributed by atoms with van der Waals surface area (Å²) >= 11 is 0. The zero-order chi connectivity index (χ0) is 19.3. The highest BCUT2D eigenvalue weighted by Gasteiger charge is 2.80. The van der Waals surface area contributed by atoms with Gasteiger partial charge in [-0.15, -0.1) is 0 Å². The van der Waals surface area contributed by atoms with Crippen molar-refractivity contribution < 1.29 is 14.3 Å². The first-order valence-electron chi connectivity index (χ1n) is 11.3. The van der Waals surface area contributed by atoms with E-state index in [9.17, 15) is 9.90 Å². The molecule has 4 saturated carbocycles. The number of aliphatic hydroxyl groups is 1. The summed E-state index contributed by atoms with van der Waals surface area (Å²) in [6.07, 6.45) is 11.1. The van der Waals surface area contributed by atoms with Crippen molar-refractivity contribution >= 4 is 0 Å². The van der Waals surface area contributed by atoms with Crippen LogP contribution in [0.25, 0.3) is 0 Å². The SMILES string of the molecule is C[C@]12CC[C@H](O)C[C@H]1CCC1C2CC[C@]2(C)[C@@H](c3ccc(=O)oc3)CC3OC312. The molecule has 152 valence electrons. The van der Waals surface area contributed by atoms with Crippen LogP contribution in [0.5, 0.6) is 0 Å². The Labute approximate surface area is 166 Å². The van der Waals surface area contributed by atoms with Crippen LogP contribution in [0.4, 0.5) is 0 Å². The average molecular weight is 385 g/mol. The standard InChI is InChI=1S/C24H32O4/c1-22-9-7-16(25)11-15(22)4-5-18-17(22)8-10-23(2)19(12-20-24(18,23)28-20)14-3-6-21(26)27-13-14/h3,6,13,15-20,25H,4-5,7-12H2,1-2H3/t15-,16+,17?,18?,19-,20?,22+,23-,24?/m1/s1. The van der Waals surface area contributed by atoms with Crippen LogP contribution in [0, 0.1) is 28.6 Å². The maximum Gasteiger partial charge on any atom is 0.335 e. The minimum absolute atomic E-state index is 0.0285. The lowest BCUT2D eigenvalue weighted by Crippen LogP contribution is -2.58. The molecule has 1 aliphatic heterocycles. The van der Waals surface area contributed by atoms with Crippen molar-refractivity contribution in [2.24, 2.45) is 28.6 Å². The van der Waals surface area contributed by atoms with Crippen LogP contribution < -0.4 is 5.63 Å². The number of rotatable bonds is 1. The fourth-order valence-corrected chi connectivity index (χ4v) is 8.74. The van der Waals surface area contributed by atoms with Gasteiger partial charge in [0.25, 0.3) is 0 Å². The Balaban J connectivity index is 1.36. The van der Waals surface area contributed by atoms with Gasteiger partial charge >= 0.3 is 5.63 Å². The Hall–Kier alpha value is -1.13. The molecule has 0 aromatic carbocycles. The quantitative estimate of drug-likeness (QED) is 0.735. The van der Waals surface area contributed by atoms with Crippen LogP contribution >= 0.6 is 0 Å². The van der Waals surface area contributed by atoms with E-state index >= 15 is 0 Å². The first kappa shape index (κ1) is 17.7. The monoisotopic (exact) mass is 384 g/mol.